The Morgan fingerprint density at radius 1 is 1.24 bits per heavy atom. The number of ether oxygens (including phenoxy) is 1. The van der Waals surface area contributed by atoms with Gasteiger partial charge in [0.25, 0.3) is 10.0 Å². The second kappa shape index (κ2) is 4.98. The molecule has 1 aliphatic rings. The Balaban J connectivity index is 2.14. The van der Waals surface area contributed by atoms with E-state index in [1.165, 1.54) is 6.20 Å². The van der Waals surface area contributed by atoms with Crippen LogP contribution in [0, 0.1) is 6.92 Å². The summed E-state index contributed by atoms with van der Waals surface area (Å²) in [6.07, 6.45) is 1.85. The van der Waals surface area contributed by atoms with Gasteiger partial charge in [-0.25, -0.2) is 12.4 Å². The fourth-order valence-electron chi connectivity index (χ4n) is 2.64. The van der Waals surface area contributed by atoms with E-state index in [1.54, 1.807) is 43.3 Å². The third-order valence-electron chi connectivity index (χ3n) is 3.82. The summed E-state index contributed by atoms with van der Waals surface area (Å²) < 4.78 is 32.1. The van der Waals surface area contributed by atoms with Gasteiger partial charge in [0.05, 0.1) is 17.2 Å². The molecule has 2 heterocycles. The van der Waals surface area contributed by atoms with Crippen LogP contribution >= 0.6 is 0 Å². The summed E-state index contributed by atoms with van der Waals surface area (Å²) >= 11 is 0. The Morgan fingerprint density at radius 3 is 2.67 bits per heavy atom. The molecule has 1 aromatic carbocycles. The van der Waals surface area contributed by atoms with Crippen molar-refractivity contribution in [1.82, 2.24) is 3.97 Å². The molecule has 0 spiro atoms. The molecule has 112 valence electrons. The molecule has 1 aliphatic heterocycles. The number of aryl methyl sites for hydroxylation is 1. The zero-order chi connectivity index (χ0) is 15.1. The van der Waals surface area contributed by atoms with E-state index in [4.69, 9.17) is 4.74 Å². The van der Waals surface area contributed by atoms with Crippen molar-refractivity contribution in [3.05, 3.63) is 53.9 Å². The molecule has 1 fully saturated rings. The molecule has 0 saturated carbocycles. The van der Waals surface area contributed by atoms with Crippen LogP contribution in [0.4, 0.5) is 0 Å². The first-order chi connectivity index (χ1) is 9.95. The second-order valence-corrected chi connectivity index (χ2v) is 7.08. The standard InChI is InChI=1S/C15H17NO4S/c1-12-5-2-3-6-13(12)21(18,19)16-9-4-7-14(16)15(17)8-10-20-11-15/h2-7,9,17H,8,10-11H2,1H3. The van der Waals surface area contributed by atoms with E-state index < -0.39 is 15.6 Å². The van der Waals surface area contributed by atoms with E-state index in [-0.39, 0.29) is 11.5 Å². The van der Waals surface area contributed by atoms with Gasteiger partial charge in [0, 0.05) is 19.2 Å². The number of hydrogen-bond donors (Lipinski definition) is 1. The van der Waals surface area contributed by atoms with E-state index in [0.29, 0.717) is 24.3 Å². The van der Waals surface area contributed by atoms with Crippen molar-refractivity contribution < 1.29 is 18.3 Å². The molecule has 0 amide bonds. The molecule has 1 saturated heterocycles. The van der Waals surface area contributed by atoms with E-state index in [9.17, 15) is 13.5 Å². The lowest BCUT2D eigenvalue weighted by Gasteiger charge is -2.23. The first-order valence-electron chi connectivity index (χ1n) is 6.74. The maximum absolute atomic E-state index is 12.8. The molecule has 5 nitrogen and oxygen atoms in total. The smallest absolute Gasteiger partial charge is 0.268 e. The summed E-state index contributed by atoms with van der Waals surface area (Å²) in [5.74, 6) is 0. The zero-order valence-electron chi connectivity index (χ0n) is 11.7. The maximum atomic E-state index is 12.8. The highest BCUT2D eigenvalue weighted by molar-refractivity contribution is 7.90. The molecule has 6 heteroatoms. The summed E-state index contributed by atoms with van der Waals surface area (Å²) in [5.41, 5.74) is -0.228. The lowest BCUT2D eigenvalue weighted by Crippen LogP contribution is -2.31. The maximum Gasteiger partial charge on any atom is 0.268 e. The summed E-state index contributed by atoms with van der Waals surface area (Å²) in [5, 5.41) is 10.6. The first kappa shape index (κ1) is 14.3. The summed E-state index contributed by atoms with van der Waals surface area (Å²) in [6.45, 7) is 2.29. The van der Waals surface area contributed by atoms with Crippen molar-refractivity contribution in [3.63, 3.8) is 0 Å². The number of aliphatic hydroxyl groups is 1. The quantitative estimate of drug-likeness (QED) is 0.936. The van der Waals surface area contributed by atoms with Crippen LogP contribution in [0.2, 0.25) is 0 Å². The molecule has 1 unspecified atom stereocenters. The minimum absolute atomic E-state index is 0.111. The molecular weight excluding hydrogens is 290 g/mol. The molecule has 2 aromatic rings. The highest BCUT2D eigenvalue weighted by atomic mass is 32.2. The Morgan fingerprint density at radius 2 is 2.00 bits per heavy atom. The first-order valence-corrected chi connectivity index (χ1v) is 8.18. The molecule has 21 heavy (non-hydrogen) atoms. The molecule has 3 rings (SSSR count). The van der Waals surface area contributed by atoms with Gasteiger partial charge in [0.2, 0.25) is 0 Å². The normalized spacial score (nSPS) is 22.6. The van der Waals surface area contributed by atoms with Gasteiger partial charge >= 0.3 is 0 Å². The predicted octanol–water partition coefficient (Wildman–Crippen LogP) is 1.64. The lowest BCUT2D eigenvalue weighted by atomic mass is 10.00. The number of hydrogen-bond acceptors (Lipinski definition) is 4. The van der Waals surface area contributed by atoms with Crippen molar-refractivity contribution in [1.29, 1.82) is 0 Å². The van der Waals surface area contributed by atoms with Crippen LogP contribution in [0.5, 0.6) is 0 Å². The van der Waals surface area contributed by atoms with Crippen molar-refractivity contribution in [2.75, 3.05) is 13.2 Å². The topological polar surface area (TPSA) is 68.5 Å². The second-order valence-electron chi connectivity index (χ2n) is 5.29. The number of rotatable bonds is 3. The van der Waals surface area contributed by atoms with Crippen LogP contribution in [0.3, 0.4) is 0 Å². The highest BCUT2D eigenvalue weighted by Gasteiger charge is 2.39. The van der Waals surface area contributed by atoms with Gasteiger partial charge in [-0.05, 0) is 30.7 Å². The molecular formula is C15H17NO4S. The van der Waals surface area contributed by atoms with Crippen molar-refractivity contribution in [2.45, 2.75) is 23.8 Å². The lowest BCUT2D eigenvalue weighted by molar-refractivity contribution is 0.0188. The monoisotopic (exact) mass is 307 g/mol. The van der Waals surface area contributed by atoms with Crippen LogP contribution in [0.25, 0.3) is 0 Å². The van der Waals surface area contributed by atoms with Crippen molar-refractivity contribution >= 4 is 10.0 Å². The Labute approximate surface area is 123 Å². The van der Waals surface area contributed by atoms with Gasteiger partial charge < -0.3 is 9.84 Å². The largest absolute Gasteiger partial charge is 0.381 e. The van der Waals surface area contributed by atoms with E-state index in [2.05, 4.69) is 0 Å². The Kier molecular flexibility index (Phi) is 3.39. The average molecular weight is 307 g/mol. The minimum atomic E-state index is -3.73. The fraction of sp³-hybridized carbons (Fsp3) is 0.333. The molecule has 0 radical (unpaired) electrons. The van der Waals surface area contributed by atoms with Gasteiger partial charge in [-0.2, -0.15) is 0 Å². The molecule has 0 aliphatic carbocycles. The van der Waals surface area contributed by atoms with Gasteiger partial charge in [-0.3, -0.25) is 0 Å². The van der Waals surface area contributed by atoms with Gasteiger partial charge in [-0.1, -0.05) is 18.2 Å². The van der Waals surface area contributed by atoms with Gasteiger partial charge in [-0.15, -0.1) is 0 Å². The predicted molar refractivity (Wildman–Crippen MR) is 77.5 cm³/mol. The van der Waals surface area contributed by atoms with Crippen LogP contribution in [0.1, 0.15) is 17.7 Å². The number of benzene rings is 1. The van der Waals surface area contributed by atoms with E-state index >= 15 is 0 Å². The molecule has 1 N–H and O–H groups in total. The number of nitrogens with zero attached hydrogens (tertiary/aromatic N) is 1. The molecule has 1 atom stereocenters. The number of aromatic nitrogens is 1. The summed E-state index contributed by atoms with van der Waals surface area (Å²) in [7, 11) is -3.73. The minimum Gasteiger partial charge on any atom is -0.381 e. The van der Waals surface area contributed by atoms with Crippen LogP contribution in [-0.4, -0.2) is 30.7 Å². The van der Waals surface area contributed by atoms with Crippen LogP contribution < -0.4 is 0 Å². The van der Waals surface area contributed by atoms with Crippen molar-refractivity contribution in [3.8, 4) is 0 Å². The molecule has 1 aromatic heterocycles. The van der Waals surface area contributed by atoms with Gasteiger partial charge in [0.15, 0.2) is 0 Å². The highest BCUT2D eigenvalue weighted by Crippen LogP contribution is 2.32. The van der Waals surface area contributed by atoms with Crippen LogP contribution in [0.15, 0.2) is 47.5 Å². The summed E-state index contributed by atoms with van der Waals surface area (Å²) in [6, 6.07) is 10.1. The van der Waals surface area contributed by atoms with E-state index in [1.807, 2.05) is 0 Å². The fourth-order valence-corrected chi connectivity index (χ4v) is 4.30. The van der Waals surface area contributed by atoms with Crippen molar-refractivity contribution in [2.24, 2.45) is 0 Å². The third kappa shape index (κ3) is 2.29. The van der Waals surface area contributed by atoms with Gasteiger partial charge in [0.1, 0.15) is 5.60 Å². The SMILES string of the molecule is Cc1ccccc1S(=O)(=O)n1cccc1C1(O)CCOC1. The van der Waals surface area contributed by atoms with E-state index in [0.717, 1.165) is 3.97 Å². The zero-order valence-corrected chi connectivity index (χ0v) is 12.5. The summed E-state index contributed by atoms with van der Waals surface area (Å²) in [4.78, 5) is 0.241. The Bertz CT molecular complexity index is 757. The Hall–Kier alpha value is -1.63. The average Bonchev–Trinajstić information content (AvgIpc) is 3.08. The molecule has 0 bridgehead atoms. The third-order valence-corrected chi connectivity index (χ3v) is 5.67. The van der Waals surface area contributed by atoms with Crippen LogP contribution in [-0.2, 0) is 20.4 Å².